The van der Waals surface area contributed by atoms with Gasteiger partial charge in [-0.15, -0.1) is 0 Å². The molecule has 37 heavy (non-hydrogen) atoms. The Morgan fingerprint density at radius 3 is 2.41 bits per heavy atom. The van der Waals surface area contributed by atoms with Gasteiger partial charge in [0, 0.05) is 43.3 Å². The monoisotopic (exact) mass is 535 g/mol. The van der Waals surface area contributed by atoms with E-state index in [-0.39, 0.29) is 36.5 Å². The first-order valence-electron chi connectivity index (χ1n) is 13.7. The smallest absolute Gasteiger partial charge is 0.251 e. The van der Waals surface area contributed by atoms with Gasteiger partial charge in [-0.25, -0.2) is 5.01 Å². The molecule has 1 unspecified atom stereocenters. The first-order chi connectivity index (χ1) is 17.6. The van der Waals surface area contributed by atoms with Crippen LogP contribution in [0.25, 0.3) is 0 Å². The lowest BCUT2D eigenvalue weighted by atomic mass is 9.87. The lowest BCUT2D eigenvalue weighted by molar-refractivity contribution is -0.148. The Morgan fingerprint density at radius 1 is 1.11 bits per heavy atom. The second-order valence-corrected chi connectivity index (χ2v) is 12.0. The summed E-state index contributed by atoms with van der Waals surface area (Å²) in [6.07, 6.45) is 6.86. The Balaban J connectivity index is 1.67. The molecule has 3 rings (SSSR count). The molecule has 2 amide bonds. The van der Waals surface area contributed by atoms with Gasteiger partial charge in [-0.05, 0) is 71.3 Å². The summed E-state index contributed by atoms with van der Waals surface area (Å²) in [5, 5.41) is 15.9. The molecule has 1 saturated carbocycles. The number of rotatable bonds is 12. The highest BCUT2D eigenvalue weighted by atomic mass is 35.5. The van der Waals surface area contributed by atoms with Crippen LogP contribution >= 0.6 is 11.6 Å². The van der Waals surface area contributed by atoms with Gasteiger partial charge in [0.25, 0.3) is 5.91 Å². The van der Waals surface area contributed by atoms with Crippen LogP contribution in [0.5, 0.6) is 0 Å². The predicted octanol–water partition coefficient (Wildman–Crippen LogP) is 2.69. The fourth-order valence-electron chi connectivity index (χ4n) is 5.29. The number of carbonyl (C=O) groups is 2. The Morgan fingerprint density at radius 2 is 1.78 bits per heavy atom. The molecule has 1 aliphatic carbocycles. The van der Waals surface area contributed by atoms with Crippen molar-refractivity contribution in [1.82, 2.24) is 25.6 Å². The molecule has 0 aromatic heterocycles. The van der Waals surface area contributed by atoms with Crippen LogP contribution in [0.15, 0.2) is 24.3 Å². The fraction of sp³-hybridized carbons (Fsp3) is 0.714. The fourth-order valence-corrected chi connectivity index (χ4v) is 5.41. The molecule has 1 aromatic carbocycles. The highest BCUT2D eigenvalue weighted by molar-refractivity contribution is 6.30. The van der Waals surface area contributed by atoms with E-state index < -0.39 is 5.41 Å². The summed E-state index contributed by atoms with van der Waals surface area (Å²) in [6.45, 7) is 6.28. The number of likely N-dealkylation sites (N-methyl/N-ethyl adjacent to an activating group) is 1. The average molecular weight is 536 g/mol. The van der Waals surface area contributed by atoms with Gasteiger partial charge >= 0.3 is 0 Å². The summed E-state index contributed by atoms with van der Waals surface area (Å²) in [4.78, 5) is 31.1. The first-order valence-corrected chi connectivity index (χ1v) is 14.1. The van der Waals surface area contributed by atoms with Gasteiger partial charge in [-0.1, -0.05) is 43.0 Å². The highest BCUT2D eigenvalue weighted by Gasteiger charge is 2.41. The van der Waals surface area contributed by atoms with Gasteiger partial charge in [0.05, 0.1) is 18.1 Å². The molecule has 3 N–H and O–H groups in total. The predicted molar refractivity (Wildman–Crippen MR) is 148 cm³/mol. The molecule has 1 saturated heterocycles. The Labute approximate surface area is 227 Å². The minimum atomic E-state index is -0.811. The van der Waals surface area contributed by atoms with Crippen LogP contribution < -0.4 is 10.7 Å². The average Bonchev–Trinajstić information content (AvgIpc) is 3.32. The van der Waals surface area contributed by atoms with Crippen LogP contribution in [0.1, 0.15) is 57.9 Å². The van der Waals surface area contributed by atoms with Crippen LogP contribution in [0.4, 0.5) is 0 Å². The summed E-state index contributed by atoms with van der Waals surface area (Å²) in [5.41, 5.74) is 3.36. The molecule has 1 aromatic rings. The summed E-state index contributed by atoms with van der Waals surface area (Å²) in [6, 6.07) is 7.46. The zero-order valence-electron chi connectivity index (χ0n) is 23.0. The lowest BCUT2D eigenvalue weighted by Gasteiger charge is -2.42. The van der Waals surface area contributed by atoms with Crippen molar-refractivity contribution in [2.75, 3.05) is 46.9 Å². The lowest BCUT2D eigenvalue weighted by Crippen LogP contribution is -2.56. The molecule has 2 fully saturated rings. The zero-order chi connectivity index (χ0) is 27.0. The van der Waals surface area contributed by atoms with Gasteiger partial charge in [-0.3, -0.25) is 15.0 Å². The van der Waals surface area contributed by atoms with Gasteiger partial charge < -0.3 is 20.2 Å². The maximum absolute atomic E-state index is 13.6. The number of hydrogen-bond acceptors (Lipinski definition) is 6. The molecule has 0 spiro atoms. The van der Waals surface area contributed by atoms with E-state index in [9.17, 15) is 14.7 Å². The minimum absolute atomic E-state index is 0.0195. The zero-order valence-corrected chi connectivity index (χ0v) is 23.8. The number of halogens is 1. The quantitative estimate of drug-likeness (QED) is 0.381. The Hall–Kier alpha value is -1.71. The molecular formula is C28H46ClN5O3. The SMILES string of the molecule is CN(C)CCNC(Cc1ccc(Cl)cc1)C(=O)NN1CC[C@H](N(C(=O)C(C)(C)CO)C2CCCCC2)C1. The number of nitrogens with one attached hydrogen (secondary N) is 2. The van der Waals surface area contributed by atoms with Crippen molar-refractivity contribution in [3.8, 4) is 0 Å². The summed E-state index contributed by atoms with van der Waals surface area (Å²) in [5.74, 6) is -0.0494. The Bertz CT molecular complexity index is 873. The summed E-state index contributed by atoms with van der Waals surface area (Å²) in [7, 11) is 4.02. The van der Waals surface area contributed by atoms with Crippen molar-refractivity contribution in [3.05, 3.63) is 34.9 Å². The van der Waals surface area contributed by atoms with Crippen molar-refractivity contribution < 1.29 is 14.7 Å². The van der Waals surface area contributed by atoms with Crippen LogP contribution in [-0.2, 0) is 16.0 Å². The van der Waals surface area contributed by atoms with E-state index in [0.29, 0.717) is 31.1 Å². The van der Waals surface area contributed by atoms with E-state index in [0.717, 1.165) is 44.2 Å². The molecule has 208 valence electrons. The largest absolute Gasteiger partial charge is 0.395 e. The van der Waals surface area contributed by atoms with Crippen molar-refractivity contribution in [2.45, 2.75) is 76.9 Å². The van der Waals surface area contributed by atoms with Crippen LogP contribution in [0.2, 0.25) is 5.02 Å². The van der Waals surface area contributed by atoms with Crippen LogP contribution in [0.3, 0.4) is 0 Å². The summed E-state index contributed by atoms with van der Waals surface area (Å²) >= 11 is 6.05. The number of amides is 2. The third-order valence-corrected chi connectivity index (χ3v) is 7.87. The number of aliphatic hydroxyl groups excluding tert-OH is 1. The van der Waals surface area contributed by atoms with Crippen molar-refractivity contribution in [2.24, 2.45) is 5.41 Å². The second kappa shape index (κ2) is 13.9. The molecule has 2 aliphatic rings. The van der Waals surface area contributed by atoms with E-state index in [4.69, 9.17) is 11.6 Å². The highest BCUT2D eigenvalue weighted by Crippen LogP contribution is 2.31. The maximum Gasteiger partial charge on any atom is 0.251 e. The standard InChI is InChI=1S/C28H46ClN5O3/c1-28(2,20-35)27(37)34(23-8-6-5-7-9-23)24-14-16-33(19-24)31-26(36)25(30-15-17-32(3)4)18-21-10-12-22(29)13-11-21/h10-13,23-25,30,35H,5-9,14-20H2,1-4H3,(H,31,36)/t24-,25?/m0/s1. The van der Waals surface area contributed by atoms with E-state index in [2.05, 4.69) is 20.5 Å². The van der Waals surface area contributed by atoms with Gasteiger partial charge in [0.1, 0.15) is 0 Å². The van der Waals surface area contributed by atoms with Crippen molar-refractivity contribution in [1.29, 1.82) is 0 Å². The van der Waals surface area contributed by atoms with E-state index in [1.54, 1.807) is 0 Å². The number of nitrogens with zero attached hydrogens (tertiary/aromatic N) is 3. The normalized spacial score (nSPS) is 20.2. The van der Waals surface area contributed by atoms with Gasteiger partial charge in [0.15, 0.2) is 0 Å². The minimum Gasteiger partial charge on any atom is -0.395 e. The van der Waals surface area contributed by atoms with Crippen LogP contribution in [0, 0.1) is 5.41 Å². The van der Waals surface area contributed by atoms with Crippen molar-refractivity contribution >= 4 is 23.4 Å². The topological polar surface area (TPSA) is 88.2 Å². The Kier molecular flexibility index (Phi) is 11.2. The maximum atomic E-state index is 13.6. The third-order valence-electron chi connectivity index (χ3n) is 7.62. The van der Waals surface area contributed by atoms with E-state index in [1.165, 1.54) is 6.42 Å². The van der Waals surface area contributed by atoms with Gasteiger partial charge in [-0.2, -0.15) is 0 Å². The first kappa shape index (κ1) is 29.8. The molecule has 9 heteroatoms. The van der Waals surface area contributed by atoms with Crippen LogP contribution in [-0.4, -0.2) is 96.7 Å². The van der Waals surface area contributed by atoms with Gasteiger partial charge in [0.2, 0.25) is 5.91 Å². The molecule has 8 nitrogen and oxygen atoms in total. The van der Waals surface area contributed by atoms with Crippen molar-refractivity contribution in [3.63, 3.8) is 0 Å². The van der Waals surface area contributed by atoms with E-state index >= 15 is 0 Å². The molecule has 0 radical (unpaired) electrons. The number of benzene rings is 1. The number of hydrazine groups is 1. The number of carbonyl (C=O) groups excluding carboxylic acids is 2. The van der Waals surface area contributed by atoms with E-state index in [1.807, 2.05) is 57.2 Å². The molecule has 0 bridgehead atoms. The third kappa shape index (κ3) is 8.65. The summed E-state index contributed by atoms with van der Waals surface area (Å²) < 4.78 is 0. The molecule has 1 aliphatic heterocycles. The second-order valence-electron chi connectivity index (χ2n) is 11.6. The molecule has 2 atom stereocenters. The number of aliphatic hydroxyl groups is 1. The molecular weight excluding hydrogens is 490 g/mol. The molecule has 1 heterocycles. The number of hydrogen-bond donors (Lipinski definition) is 3.